The van der Waals surface area contributed by atoms with Crippen LogP contribution in [-0.2, 0) is 14.6 Å². The van der Waals surface area contributed by atoms with Gasteiger partial charge in [0.05, 0.1) is 11.7 Å². The molecule has 1 fully saturated rings. The van der Waals surface area contributed by atoms with Crippen LogP contribution in [0.4, 0.5) is 4.79 Å². The van der Waals surface area contributed by atoms with Crippen LogP contribution in [0.3, 0.4) is 0 Å². The number of likely N-dealkylation sites (tertiary alicyclic amines) is 1. The second kappa shape index (κ2) is 6.23. The van der Waals surface area contributed by atoms with Crippen LogP contribution < -0.4 is 5.32 Å². The maximum atomic E-state index is 11.6. The molecule has 110 valence electrons. The number of hydrogen-bond donors (Lipinski definition) is 2. The normalized spacial score (nSPS) is 17.7. The third-order valence-electron chi connectivity index (χ3n) is 3.26. The largest absolute Gasteiger partial charge is 0.481 e. The van der Waals surface area contributed by atoms with E-state index >= 15 is 0 Å². The van der Waals surface area contributed by atoms with E-state index in [4.69, 9.17) is 5.11 Å². The molecule has 1 heterocycles. The lowest BCUT2D eigenvalue weighted by molar-refractivity contribution is -0.144. The first kappa shape index (κ1) is 15.7. The van der Waals surface area contributed by atoms with Gasteiger partial charge in [-0.25, -0.2) is 13.2 Å². The molecular formula is C11H20N2O5S. The standard InChI is InChI=1S/C11H20N2O5S/c1-8(10(14)15)9-6-13(7-9)11(16)12-4-3-5-19(2,17)18/h8-9H,3-7H2,1-2H3,(H,12,16)(H,14,15). The number of carboxylic acid groups (broad SMARTS) is 1. The molecule has 1 rings (SSSR count). The fraction of sp³-hybridized carbons (Fsp3) is 0.818. The van der Waals surface area contributed by atoms with Crippen molar-refractivity contribution in [2.24, 2.45) is 11.8 Å². The van der Waals surface area contributed by atoms with E-state index in [-0.39, 0.29) is 17.7 Å². The summed E-state index contributed by atoms with van der Waals surface area (Å²) >= 11 is 0. The SMILES string of the molecule is CC(C(=O)O)C1CN(C(=O)NCCCS(C)(=O)=O)C1. The van der Waals surface area contributed by atoms with E-state index in [0.29, 0.717) is 26.1 Å². The average Bonchev–Trinajstić information content (AvgIpc) is 2.20. The highest BCUT2D eigenvalue weighted by Crippen LogP contribution is 2.23. The van der Waals surface area contributed by atoms with Crippen LogP contribution in [0, 0.1) is 11.8 Å². The van der Waals surface area contributed by atoms with E-state index in [1.165, 1.54) is 4.90 Å². The molecule has 0 aromatic rings. The summed E-state index contributed by atoms with van der Waals surface area (Å²) in [5, 5.41) is 11.4. The Morgan fingerprint density at radius 1 is 1.42 bits per heavy atom. The molecule has 1 atom stereocenters. The molecule has 8 heteroatoms. The highest BCUT2D eigenvalue weighted by atomic mass is 32.2. The van der Waals surface area contributed by atoms with Crippen molar-refractivity contribution in [2.75, 3.05) is 31.6 Å². The van der Waals surface area contributed by atoms with Crippen LogP contribution in [-0.4, -0.2) is 62.1 Å². The van der Waals surface area contributed by atoms with Crippen LogP contribution in [0.5, 0.6) is 0 Å². The molecular weight excluding hydrogens is 272 g/mol. The highest BCUT2D eigenvalue weighted by Gasteiger charge is 2.36. The van der Waals surface area contributed by atoms with Crippen molar-refractivity contribution in [2.45, 2.75) is 13.3 Å². The topological polar surface area (TPSA) is 104 Å². The number of carbonyl (C=O) groups is 2. The Hall–Kier alpha value is -1.31. The first-order chi connectivity index (χ1) is 8.70. The number of nitrogens with zero attached hydrogens (tertiary/aromatic N) is 1. The number of carboxylic acids is 1. The molecule has 2 N–H and O–H groups in total. The summed E-state index contributed by atoms with van der Waals surface area (Å²) in [5.74, 6) is -1.25. The molecule has 0 bridgehead atoms. The zero-order valence-corrected chi connectivity index (χ0v) is 11.9. The number of sulfone groups is 1. The van der Waals surface area contributed by atoms with Gasteiger partial charge < -0.3 is 15.3 Å². The van der Waals surface area contributed by atoms with Gasteiger partial charge in [0.2, 0.25) is 0 Å². The van der Waals surface area contributed by atoms with Crippen LogP contribution in [0.15, 0.2) is 0 Å². The van der Waals surface area contributed by atoms with Crippen molar-refractivity contribution in [3.63, 3.8) is 0 Å². The number of urea groups is 1. The third-order valence-corrected chi connectivity index (χ3v) is 4.29. The van der Waals surface area contributed by atoms with Gasteiger partial charge in [-0.15, -0.1) is 0 Å². The summed E-state index contributed by atoms with van der Waals surface area (Å²) in [7, 11) is -2.99. The molecule has 0 aromatic carbocycles. The van der Waals surface area contributed by atoms with Crippen molar-refractivity contribution in [3.05, 3.63) is 0 Å². The van der Waals surface area contributed by atoms with Crippen molar-refractivity contribution in [1.29, 1.82) is 0 Å². The molecule has 1 saturated heterocycles. The average molecular weight is 292 g/mol. The lowest BCUT2D eigenvalue weighted by Gasteiger charge is -2.41. The molecule has 0 saturated carbocycles. The fourth-order valence-electron chi connectivity index (χ4n) is 1.84. The summed E-state index contributed by atoms with van der Waals surface area (Å²) < 4.78 is 21.8. The molecule has 1 unspecified atom stereocenters. The van der Waals surface area contributed by atoms with Gasteiger partial charge in [-0.3, -0.25) is 4.79 Å². The number of aliphatic carboxylic acids is 1. The van der Waals surface area contributed by atoms with Crippen LogP contribution in [0.25, 0.3) is 0 Å². The van der Waals surface area contributed by atoms with E-state index < -0.39 is 21.7 Å². The Morgan fingerprint density at radius 2 is 2.00 bits per heavy atom. The van der Waals surface area contributed by atoms with Gasteiger partial charge in [-0.2, -0.15) is 0 Å². The van der Waals surface area contributed by atoms with Gasteiger partial charge >= 0.3 is 12.0 Å². The van der Waals surface area contributed by atoms with Gasteiger partial charge in [-0.1, -0.05) is 6.92 Å². The van der Waals surface area contributed by atoms with E-state index in [2.05, 4.69) is 5.32 Å². The van der Waals surface area contributed by atoms with E-state index in [1.54, 1.807) is 6.92 Å². The lowest BCUT2D eigenvalue weighted by Crippen LogP contribution is -2.56. The maximum absolute atomic E-state index is 11.6. The van der Waals surface area contributed by atoms with Gasteiger partial charge in [0, 0.05) is 31.8 Å². The maximum Gasteiger partial charge on any atom is 0.317 e. The van der Waals surface area contributed by atoms with Gasteiger partial charge in [0.15, 0.2) is 0 Å². The van der Waals surface area contributed by atoms with Gasteiger partial charge in [0.25, 0.3) is 0 Å². The Labute approximate surface area is 112 Å². The molecule has 0 aromatic heterocycles. The van der Waals surface area contributed by atoms with Crippen LogP contribution in [0.1, 0.15) is 13.3 Å². The smallest absolute Gasteiger partial charge is 0.317 e. The Bertz CT molecular complexity index is 442. The zero-order valence-electron chi connectivity index (χ0n) is 11.1. The molecule has 0 spiro atoms. The van der Waals surface area contributed by atoms with Crippen molar-refractivity contribution >= 4 is 21.8 Å². The van der Waals surface area contributed by atoms with Gasteiger partial charge in [0.1, 0.15) is 9.84 Å². The number of carbonyl (C=O) groups excluding carboxylic acids is 1. The molecule has 7 nitrogen and oxygen atoms in total. The predicted octanol–water partition coefficient (Wildman–Crippen LogP) is -0.217. The van der Waals surface area contributed by atoms with Crippen LogP contribution in [0.2, 0.25) is 0 Å². The van der Waals surface area contributed by atoms with E-state index in [9.17, 15) is 18.0 Å². The number of amides is 2. The Balaban J connectivity index is 2.18. The predicted molar refractivity (Wildman–Crippen MR) is 69.6 cm³/mol. The summed E-state index contributed by atoms with van der Waals surface area (Å²) in [6, 6.07) is -0.262. The second-order valence-corrected chi connectivity index (χ2v) is 7.27. The molecule has 0 radical (unpaired) electrons. The molecule has 1 aliphatic heterocycles. The minimum absolute atomic E-state index is 0.000676. The Kier molecular flexibility index (Phi) is 5.16. The second-order valence-electron chi connectivity index (χ2n) is 5.01. The Morgan fingerprint density at radius 3 is 2.47 bits per heavy atom. The monoisotopic (exact) mass is 292 g/mol. The number of hydrogen-bond acceptors (Lipinski definition) is 4. The zero-order chi connectivity index (χ0) is 14.6. The molecule has 1 aliphatic rings. The van der Waals surface area contributed by atoms with E-state index in [0.717, 1.165) is 6.26 Å². The summed E-state index contributed by atoms with van der Waals surface area (Å²) in [6.45, 7) is 2.81. The summed E-state index contributed by atoms with van der Waals surface area (Å²) in [6.07, 6.45) is 1.54. The minimum atomic E-state index is -2.99. The number of rotatable bonds is 6. The van der Waals surface area contributed by atoms with Crippen molar-refractivity contribution < 1.29 is 23.1 Å². The molecule has 19 heavy (non-hydrogen) atoms. The minimum Gasteiger partial charge on any atom is -0.481 e. The first-order valence-electron chi connectivity index (χ1n) is 6.14. The highest BCUT2D eigenvalue weighted by molar-refractivity contribution is 7.90. The van der Waals surface area contributed by atoms with Crippen molar-refractivity contribution in [3.8, 4) is 0 Å². The summed E-state index contributed by atoms with van der Waals surface area (Å²) in [5.41, 5.74) is 0. The fourth-order valence-corrected chi connectivity index (χ4v) is 2.51. The van der Waals surface area contributed by atoms with E-state index in [1.807, 2.05) is 0 Å². The number of nitrogens with one attached hydrogen (secondary N) is 1. The third kappa shape index (κ3) is 5.06. The molecule has 0 aliphatic carbocycles. The summed E-state index contributed by atoms with van der Waals surface area (Å²) in [4.78, 5) is 23.9. The lowest BCUT2D eigenvalue weighted by atomic mass is 9.87. The van der Waals surface area contributed by atoms with Crippen LogP contribution >= 0.6 is 0 Å². The van der Waals surface area contributed by atoms with Gasteiger partial charge in [-0.05, 0) is 6.42 Å². The first-order valence-corrected chi connectivity index (χ1v) is 8.20. The van der Waals surface area contributed by atoms with Crippen molar-refractivity contribution in [1.82, 2.24) is 10.2 Å². The molecule has 2 amide bonds. The quantitative estimate of drug-likeness (QED) is 0.659.